The molecule has 0 aliphatic carbocycles. The van der Waals surface area contributed by atoms with Crippen LogP contribution in [0.15, 0.2) is 39.1 Å². The average Bonchev–Trinajstić information content (AvgIpc) is 2.65. The van der Waals surface area contributed by atoms with Crippen molar-refractivity contribution in [2.45, 2.75) is 6.92 Å². The van der Waals surface area contributed by atoms with Gasteiger partial charge in [0.2, 0.25) is 5.91 Å². The van der Waals surface area contributed by atoms with Crippen molar-refractivity contribution < 1.29 is 4.79 Å². The van der Waals surface area contributed by atoms with Gasteiger partial charge < -0.3 is 5.32 Å². The molecule has 0 atom stereocenters. The second-order valence-electron chi connectivity index (χ2n) is 4.37. The molecule has 2 aromatic rings. The largest absolute Gasteiger partial charge is 0.315 e. The lowest BCUT2D eigenvalue weighted by molar-refractivity contribution is -0.114. The van der Waals surface area contributed by atoms with Crippen LogP contribution in [-0.4, -0.2) is 18.2 Å². The number of aryl methyl sites for hydroxylation is 1. The second-order valence-corrected chi connectivity index (χ2v) is 6.80. The molecule has 1 aromatic heterocycles. The van der Waals surface area contributed by atoms with E-state index < -0.39 is 0 Å². The Morgan fingerprint density at radius 2 is 2.05 bits per heavy atom. The Morgan fingerprint density at radius 3 is 2.79 bits per heavy atom. The van der Waals surface area contributed by atoms with Gasteiger partial charge in [-0.3, -0.25) is 9.79 Å². The van der Waals surface area contributed by atoms with Crippen LogP contribution in [0.4, 0.5) is 5.00 Å². The molecule has 19 heavy (non-hydrogen) atoms. The van der Waals surface area contributed by atoms with Crippen LogP contribution in [-0.2, 0) is 4.79 Å². The third-order valence-electron chi connectivity index (χ3n) is 2.92. The summed E-state index contributed by atoms with van der Waals surface area (Å²) < 4.78 is 0.986. The fourth-order valence-electron chi connectivity index (χ4n) is 1.99. The zero-order valence-corrected chi connectivity index (χ0v) is 12.6. The highest BCUT2D eigenvalue weighted by molar-refractivity contribution is 9.11. The molecule has 1 aliphatic rings. The molecule has 0 radical (unpaired) electrons. The molecular formula is C14H11BrN2OS. The van der Waals surface area contributed by atoms with Crippen LogP contribution < -0.4 is 5.32 Å². The molecule has 1 aliphatic heterocycles. The van der Waals surface area contributed by atoms with E-state index in [9.17, 15) is 4.79 Å². The summed E-state index contributed by atoms with van der Waals surface area (Å²) in [4.78, 5) is 16.1. The molecule has 1 amide bonds. The molecular weight excluding hydrogens is 324 g/mol. The van der Waals surface area contributed by atoms with Gasteiger partial charge in [-0.25, -0.2) is 0 Å². The van der Waals surface area contributed by atoms with E-state index in [0.717, 1.165) is 25.6 Å². The number of amides is 1. The van der Waals surface area contributed by atoms with Crippen LogP contribution >= 0.6 is 27.3 Å². The summed E-state index contributed by atoms with van der Waals surface area (Å²) in [6, 6.07) is 10.2. The summed E-state index contributed by atoms with van der Waals surface area (Å²) >= 11 is 4.97. The normalized spacial score (nSPS) is 14.4. The first-order valence-corrected chi connectivity index (χ1v) is 7.45. The number of aliphatic imine (C=N–C) groups is 1. The van der Waals surface area contributed by atoms with Crippen LogP contribution in [0.1, 0.15) is 16.7 Å². The van der Waals surface area contributed by atoms with E-state index in [1.807, 2.05) is 18.2 Å². The first-order valence-electron chi connectivity index (χ1n) is 5.84. The lowest BCUT2D eigenvalue weighted by Crippen LogP contribution is -2.12. The van der Waals surface area contributed by atoms with Crippen molar-refractivity contribution >= 4 is 43.9 Å². The van der Waals surface area contributed by atoms with Gasteiger partial charge in [0.25, 0.3) is 0 Å². The molecule has 0 saturated heterocycles. The van der Waals surface area contributed by atoms with E-state index in [-0.39, 0.29) is 12.5 Å². The number of carbonyl (C=O) groups is 1. The maximum Gasteiger partial charge on any atom is 0.246 e. The summed E-state index contributed by atoms with van der Waals surface area (Å²) in [5.74, 6) is -0.0716. The Bertz CT molecular complexity index is 673. The van der Waals surface area contributed by atoms with Gasteiger partial charge in [0, 0.05) is 11.1 Å². The number of nitrogens with zero attached hydrogens (tertiary/aromatic N) is 1. The Kier molecular flexibility index (Phi) is 3.24. The zero-order valence-electron chi connectivity index (χ0n) is 10.2. The number of nitrogens with one attached hydrogen (secondary N) is 1. The molecule has 1 N–H and O–H groups in total. The van der Waals surface area contributed by atoms with Gasteiger partial charge in [0.05, 0.1) is 9.50 Å². The fourth-order valence-corrected chi connectivity index (χ4v) is 3.51. The van der Waals surface area contributed by atoms with E-state index in [1.54, 1.807) is 0 Å². The molecule has 3 nitrogen and oxygen atoms in total. The van der Waals surface area contributed by atoms with Crippen LogP contribution in [0, 0.1) is 6.92 Å². The van der Waals surface area contributed by atoms with Crippen LogP contribution in [0.3, 0.4) is 0 Å². The predicted octanol–water partition coefficient (Wildman–Crippen LogP) is 3.61. The van der Waals surface area contributed by atoms with Gasteiger partial charge in [0.15, 0.2) is 0 Å². The minimum atomic E-state index is -0.0716. The van der Waals surface area contributed by atoms with Crippen molar-refractivity contribution in [1.29, 1.82) is 0 Å². The number of benzene rings is 1. The number of hydrogen-bond acceptors (Lipinski definition) is 3. The number of thiophene rings is 1. The maximum absolute atomic E-state index is 11.7. The molecule has 3 rings (SSSR count). The zero-order chi connectivity index (χ0) is 13.4. The monoisotopic (exact) mass is 334 g/mol. The molecule has 0 bridgehead atoms. The standard InChI is InChI=1S/C14H11BrN2OS/c1-8-2-4-9(5-3-8)13-10-6-11(15)19-14(10)17-12(18)7-16-13/h2-6H,7H2,1H3,(H,17,18). The third-order valence-corrected chi connectivity index (χ3v) is 4.47. The highest BCUT2D eigenvalue weighted by Crippen LogP contribution is 2.34. The van der Waals surface area contributed by atoms with E-state index in [4.69, 9.17) is 0 Å². The number of anilines is 1. The molecule has 2 heterocycles. The summed E-state index contributed by atoms with van der Waals surface area (Å²) in [6.45, 7) is 2.22. The minimum absolute atomic E-state index is 0.0716. The molecule has 0 unspecified atom stereocenters. The molecule has 0 fully saturated rings. The molecule has 1 aromatic carbocycles. The summed E-state index contributed by atoms with van der Waals surface area (Å²) in [5.41, 5.74) is 4.09. The fraction of sp³-hybridized carbons (Fsp3) is 0.143. The number of halogens is 1. The van der Waals surface area contributed by atoms with Gasteiger partial charge in [-0.15, -0.1) is 11.3 Å². The molecule has 0 saturated carbocycles. The van der Waals surface area contributed by atoms with Gasteiger partial charge in [-0.1, -0.05) is 29.8 Å². The van der Waals surface area contributed by atoms with Crippen molar-refractivity contribution in [2.24, 2.45) is 4.99 Å². The Morgan fingerprint density at radius 1 is 1.32 bits per heavy atom. The lowest BCUT2D eigenvalue weighted by atomic mass is 10.0. The van der Waals surface area contributed by atoms with Crippen LogP contribution in [0.25, 0.3) is 0 Å². The van der Waals surface area contributed by atoms with E-state index in [0.29, 0.717) is 0 Å². The van der Waals surface area contributed by atoms with Crippen molar-refractivity contribution in [3.63, 3.8) is 0 Å². The first-order chi connectivity index (χ1) is 9.13. The summed E-state index contributed by atoms with van der Waals surface area (Å²) in [6.07, 6.45) is 0. The highest BCUT2D eigenvalue weighted by Gasteiger charge is 2.20. The summed E-state index contributed by atoms with van der Waals surface area (Å²) in [5, 5.41) is 3.74. The van der Waals surface area contributed by atoms with E-state index >= 15 is 0 Å². The van der Waals surface area contributed by atoms with Gasteiger partial charge in [0.1, 0.15) is 11.5 Å². The number of fused-ring (bicyclic) bond motifs is 1. The van der Waals surface area contributed by atoms with Crippen LogP contribution in [0.5, 0.6) is 0 Å². The third kappa shape index (κ3) is 2.48. The Balaban J connectivity index is 2.14. The number of rotatable bonds is 1. The van der Waals surface area contributed by atoms with Crippen molar-refractivity contribution in [2.75, 3.05) is 11.9 Å². The lowest BCUT2D eigenvalue weighted by Gasteiger charge is -2.05. The quantitative estimate of drug-likeness (QED) is 0.850. The van der Waals surface area contributed by atoms with Crippen molar-refractivity contribution in [3.05, 3.63) is 50.8 Å². The summed E-state index contributed by atoms with van der Waals surface area (Å²) in [7, 11) is 0. The molecule has 5 heteroatoms. The number of hydrogen-bond donors (Lipinski definition) is 1. The molecule has 0 spiro atoms. The Labute approximate surface area is 123 Å². The highest BCUT2D eigenvalue weighted by atomic mass is 79.9. The minimum Gasteiger partial charge on any atom is -0.315 e. The first kappa shape index (κ1) is 12.6. The van der Waals surface area contributed by atoms with E-state index in [2.05, 4.69) is 45.3 Å². The van der Waals surface area contributed by atoms with Crippen LogP contribution in [0.2, 0.25) is 0 Å². The average molecular weight is 335 g/mol. The maximum atomic E-state index is 11.7. The SMILES string of the molecule is Cc1ccc(C2=NCC(=O)Nc3sc(Br)cc32)cc1. The molecule has 96 valence electrons. The second kappa shape index (κ2) is 4.90. The predicted molar refractivity (Wildman–Crippen MR) is 82.3 cm³/mol. The van der Waals surface area contributed by atoms with Crippen molar-refractivity contribution in [1.82, 2.24) is 0 Å². The van der Waals surface area contributed by atoms with Gasteiger partial charge in [-0.2, -0.15) is 0 Å². The number of carbonyl (C=O) groups excluding carboxylic acids is 1. The van der Waals surface area contributed by atoms with Gasteiger partial charge >= 0.3 is 0 Å². The Hall–Kier alpha value is -1.46. The topological polar surface area (TPSA) is 41.5 Å². The van der Waals surface area contributed by atoms with Gasteiger partial charge in [-0.05, 0) is 28.9 Å². The van der Waals surface area contributed by atoms with Crippen molar-refractivity contribution in [3.8, 4) is 0 Å². The smallest absolute Gasteiger partial charge is 0.246 e. The van der Waals surface area contributed by atoms with E-state index in [1.165, 1.54) is 16.9 Å².